The predicted molar refractivity (Wildman–Crippen MR) is 74.2 cm³/mol. The predicted octanol–water partition coefficient (Wildman–Crippen LogP) is 3.30. The van der Waals surface area contributed by atoms with Crippen LogP contribution in [0.2, 0.25) is 0 Å². The molecule has 0 aromatic carbocycles. The minimum Gasteiger partial charge on any atom is -0.390 e. The maximum Gasteiger partial charge on any atom is 0.0690 e. The van der Waals surface area contributed by atoms with Crippen LogP contribution >= 0.6 is 0 Å². The zero-order valence-corrected chi connectivity index (χ0v) is 12.2. The highest BCUT2D eigenvalue weighted by Gasteiger charge is 2.40. The Labute approximate surface area is 107 Å². The standard InChI is InChI=1S/C15H31NO/c1-5-13(6-2)14(12-16(3)4)15(17)10-8-7-9-11-15/h13-14,17H,5-12H2,1-4H3. The number of hydrogen-bond acceptors (Lipinski definition) is 2. The van der Waals surface area contributed by atoms with Gasteiger partial charge in [0.1, 0.15) is 0 Å². The maximum atomic E-state index is 11.0. The molecule has 1 atom stereocenters. The fourth-order valence-electron chi connectivity index (χ4n) is 3.54. The summed E-state index contributed by atoms with van der Waals surface area (Å²) in [6, 6.07) is 0. The first-order valence-electron chi connectivity index (χ1n) is 7.40. The van der Waals surface area contributed by atoms with E-state index < -0.39 is 0 Å². The van der Waals surface area contributed by atoms with E-state index in [-0.39, 0.29) is 5.60 Å². The van der Waals surface area contributed by atoms with Crippen LogP contribution in [0.25, 0.3) is 0 Å². The van der Waals surface area contributed by atoms with E-state index in [1.165, 1.54) is 32.1 Å². The second-order valence-electron chi connectivity index (χ2n) is 6.11. The van der Waals surface area contributed by atoms with Crippen molar-refractivity contribution in [3.63, 3.8) is 0 Å². The quantitative estimate of drug-likeness (QED) is 0.771. The molecule has 1 unspecified atom stereocenters. The van der Waals surface area contributed by atoms with Crippen molar-refractivity contribution in [3.8, 4) is 0 Å². The molecule has 1 aliphatic rings. The third kappa shape index (κ3) is 3.96. The van der Waals surface area contributed by atoms with Gasteiger partial charge in [0.2, 0.25) is 0 Å². The molecule has 2 nitrogen and oxygen atoms in total. The van der Waals surface area contributed by atoms with Crippen molar-refractivity contribution in [2.24, 2.45) is 11.8 Å². The van der Waals surface area contributed by atoms with Crippen LogP contribution in [0.3, 0.4) is 0 Å². The first kappa shape index (κ1) is 15.0. The van der Waals surface area contributed by atoms with Crippen molar-refractivity contribution < 1.29 is 5.11 Å². The van der Waals surface area contributed by atoms with E-state index in [1.807, 2.05) is 0 Å². The van der Waals surface area contributed by atoms with Gasteiger partial charge >= 0.3 is 0 Å². The number of hydrogen-bond donors (Lipinski definition) is 1. The summed E-state index contributed by atoms with van der Waals surface area (Å²) >= 11 is 0. The van der Waals surface area contributed by atoms with Gasteiger partial charge in [0.25, 0.3) is 0 Å². The molecule has 102 valence electrons. The van der Waals surface area contributed by atoms with Crippen LogP contribution < -0.4 is 0 Å². The van der Waals surface area contributed by atoms with Gasteiger partial charge in [-0.1, -0.05) is 46.0 Å². The highest BCUT2D eigenvalue weighted by atomic mass is 16.3. The SMILES string of the molecule is CCC(CC)C(CN(C)C)C1(O)CCCCC1. The Kier molecular flexibility index (Phi) is 5.94. The third-order valence-corrected chi connectivity index (χ3v) is 4.59. The Hall–Kier alpha value is -0.0800. The number of aliphatic hydroxyl groups is 1. The largest absolute Gasteiger partial charge is 0.390 e. The van der Waals surface area contributed by atoms with E-state index >= 15 is 0 Å². The lowest BCUT2D eigenvalue weighted by Crippen LogP contribution is -2.47. The van der Waals surface area contributed by atoms with E-state index in [9.17, 15) is 5.11 Å². The van der Waals surface area contributed by atoms with Crippen molar-refractivity contribution in [3.05, 3.63) is 0 Å². The maximum absolute atomic E-state index is 11.0. The van der Waals surface area contributed by atoms with Crippen LogP contribution in [0.5, 0.6) is 0 Å². The van der Waals surface area contributed by atoms with Gasteiger partial charge in [0.15, 0.2) is 0 Å². The molecule has 17 heavy (non-hydrogen) atoms. The average molecular weight is 241 g/mol. The fourth-order valence-corrected chi connectivity index (χ4v) is 3.54. The Morgan fingerprint density at radius 1 is 1.06 bits per heavy atom. The van der Waals surface area contributed by atoms with Gasteiger partial charge in [0, 0.05) is 12.5 Å². The molecule has 0 amide bonds. The highest BCUT2D eigenvalue weighted by molar-refractivity contribution is 4.93. The molecule has 0 aromatic rings. The smallest absolute Gasteiger partial charge is 0.0690 e. The van der Waals surface area contributed by atoms with Gasteiger partial charge in [0.05, 0.1) is 5.60 Å². The summed E-state index contributed by atoms with van der Waals surface area (Å²) < 4.78 is 0. The van der Waals surface area contributed by atoms with Crippen molar-refractivity contribution in [2.75, 3.05) is 20.6 Å². The molecular weight excluding hydrogens is 210 g/mol. The van der Waals surface area contributed by atoms with E-state index in [1.54, 1.807) is 0 Å². The molecule has 0 bridgehead atoms. The number of nitrogens with zero attached hydrogens (tertiary/aromatic N) is 1. The van der Waals surface area contributed by atoms with Crippen molar-refractivity contribution >= 4 is 0 Å². The van der Waals surface area contributed by atoms with Gasteiger partial charge < -0.3 is 10.0 Å². The molecule has 0 radical (unpaired) electrons. The normalized spacial score (nSPS) is 22.1. The lowest BCUT2D eigenvalue weighted by atomic mass is 9.69. The van der Waals surface area contributed by atoms with E-state index in [4.69, 9.17) is 0 Å². The zero-order chi connectivity index (χ0) is 12.9. The Balaban J connectivity index is 2.79. The fraction of sp³-hybridized carbons (Fsp3) is 1.00. The molecule has 1 N–H and O–H groups in total. The van der Waals surface area contributed by atoms with Gasteiger partial charge in [-0.3, -0.25) is 0 Å². The van der Waals surface area contributed by atoms with Crippen LogP contribution in [0.4, 0.5) is 0 Å². The second kappa shape index (κ2) is 6.75. The molecule has 0 saturated heterocycles. The lowest BCUT2D eigenvalue weighted by Gasteiger charge is -2.44. The first-order valence-corrected chi connectivity index (χ1v) is 7.40. The van der Waals surface area contributed by atoms with Crippen molar-refractivity contribution in [1.82, 2.24) is 4.90 Å². The molecule has 0 spiro atoms. The lowest BCUT2D eigenvalue weighted by molar-refractivity contribution is -0.0785. The molecule has 0 aliphatic heterocycles. The molecule has 1 fully saturated rings. The summed E-state index contributed by atoms with van der Waals surface area (Å²) in [5.74, 6) is 1.12. The molecule has 0 heterocycles. The molecule has 2 heteroatoms. The van der Waals surface area contributed by atoms with E-state index in [0.29, 0.717) is 11.8 Å². The molecule has 1 aliphatic carbocycles. The average Bonchev–Trinajstić information content (AvgIpc) is 2.30. The topological polar surface area (TPSA) is 23.5 Å². The zero-order valence-electron chi connectivity index (χ0n) is 12.2. The van der Waals surface area contributed by atoms with Gasteiger partial charge in [-0.15, -0.1) is 0 Å². The molecule has 1 saturated carbocycles. The molecule has 0 aromatic heterocycles. The van der Waals surface area contributed by atoms with Crippen LogP contribution in [0.1, 0.15) is 58.8 Å². The second-order valence-corrected chi connectivity index (χ2v) is 6.11. The minimum absolute atomic E-state index is 0.390. The highest BCUT2D eigenvalue weighted by Crippen LogP contribution is 2.40. The van der Waals surface area contributed by atoms with Crippen molar-refractivity contribution in [1.29, 1.82) is 0 Å². The van der Waals surface area contributed by atoms with Crippen LogP contribution in [0, 0.1) is 11.8 Å². The van der Waals surface area contributed by atoms with Crippen LogP contribution in [-0.2, 0) is 0 Å². The Bertz CT molecular complexity index is 205. The van der Waals surface area contributed by atoms with Gasteiger partial charge in [-0.05, 0) is 32.9 Å². The molecule has 1 rings (SSSR count). The first-order chi connectivity index (χ1) is 8.03. The van der Waals surface area contributed by atoms with Crippen LogP contribution in [-0.4, -0.2) is 36.2 Å². The third-order valence-electron chi connectivity index (χ3n) is 4.59. The minimum atomic E-state index is -0.390. The Morgan fingerprint density at radius 3 is 2.00 bits per heavy atom. The van der Waals surface area contributed by atoms with Gasteiger partial charge in [-0.25, -0.2) is 0 Å². The summed E-state index contributed by atoms with van der Waals surface area (Å²) in [5.41, 5.74) is -0.390. The summed E-state index contributed by atoms with van der Waals surface area (Å²) in [5, 5.41) is 11.0. The van der Waals surface area contributed by atoms with Crippen LogP contribution in [0.15, 0.2) is 0 Å². The van der Waals surface area contributed by atoms with E-state index in [2.05, 4.69) is 32.8 Å². The summed E-state index contributed by atoms with van der Waals surface area (Å²) in [4.78, 5) is 2.25. The van der Waals surface area contributed by atoms with Crippen molar-refractivity contribution in [2.45, 2.75) is 64.4 Å². The van der Waals surface area contributed by atoms with Gasteiger partial charge in [-0.2, -0.15) is 0 Å². The molecular formula is C15H31NO. The summed E-state index contributed by atoms with van der Waals surface area (Å²) in [6.45, 7) is 5.56. The van der Waals surface area contributed by atoms with E-state index in [0.717, 1.165) is 19.4 Å². The summed E-state index contributed by atoms with van der Waals surface area (Å²) in [6.07, 6.45) is 8.14. The Morgan fingerprint density at radius 2 is 1.59 bits per heavy atom. The summed E-state index contributed by atoms with van der Waals surface area (Å²) in [7, 11) is 4.25. The monoisotopic (exact) mass is 241 g/mol. The number of rotatable bonds is 6.